The predicted octanol–water partition coefficient (Wildman–Crippen LogP) is 1.80. The lowest BCUT2D eigenvalue weighted by molar-refractivity contribution is 0.101. The Labute approximate surface area is 80.9 Å². The number of rotatable bonds is 3. The van der Waals surface area contributed by atoms with Gasteiger partial charge < -0.3 is 4.42 Å². The third-order valence-electron chi connectivity index (χ3n) is 1.94. The highest BCUT2D eigenvalue weighted by Crippen LogP contribution is 2.08. The molecule has 2 heterocycles. The number of furan rings is 1. The maximum absolute atomic E-state index is 11.0. The molecule has 1 N–H and O–H groups in total. The van der Waals surface area contributed by atoms with E-state index in [1.165, 1.54) is 6.92 Å². The Bertz CT molecular complexity index is 429. The van der Waals surface area contributed by atoms with Gasteiger partial charge >= 0.3 is 0 Å². The topological polar surface area (TPSA) is 58.9 Å². The minimum Gasteiger partial charge on any atom is -0.469 e. The molecule has 72 valence electrons. The summed E-state index contributed by atoms with van der Waals surface area (Å²) in [7, 11) is 0. The largest absolute Gasteiger partial charge is 0.469 e. The van der Waals surface area contributed by atoms with Crippen molar-refractivity contribution in [2.24, 2.45) is 0 Å². The molecule has 0 aliphatic rings. The molecule has 0 saturated heterocycles. The minimum atomic E-state index is -0.0352. The normalized spacial score (nSPS) is 10.4. The maximum atomic E-state index is 11.0. The second-order valence-electron chi connectivity index (χ2n) is 3.09. The van der Waals surface area contributed by atoms with Crippen LogP contribution in [-0.2, 0) is 6.42 Å². The molecule has 0 amide bonds. The maximum Gasteiger partial charge on any atom is 0.179 e. The average molecular weight is 190 g/mol. The molecule has 14 heavy (non-hydrogen) atoms. The highest BCUT2D eigenvalue weighted by atomic mass is 16.3. The van der Waals surface area contributed by atoms with Gasteiger partial charge in [-0.05, 0) is 18.2 Å². The molecule has 0 atom stereocenters. The van der Waals surface area contributed by atoms with E-state index in [1.54, 1.807) is 12.3 Å². The molecule has 4 heteroatoms. The molecule has 2 aromatic rings. The van der Waals surface area contributed by atoms with E-state index in [1.807, 2.05) is 12.1 Å². The van der Waals surface area contributed by atoms with Gasteiger partial charge in [0.25, 0.3) is 0 Å². The van der Waals surface area contributed by atoms with Crippen molar-refractivity contribution in [2.45, 2.75) is 13.3 Å². The first-order valence-electron chi connectivity index (χ1n) is 4.33. The Morgan fingerprint density at radius 3 is 3.07 bits per heavy atom. The van der Waals surface area contributed by atoms with E-state index >= 15 is 0 Å². The van der Waals surface area contributed by atoms with Gasteiger partial charge in [0.15, 0.2) is 5.78 Å². The van der Waals surface area contributed by atoms with Gasteiger partial charge in [-0.15, -0.1) is 0 Å². The number of ketones is 1. The molecule has 0 fully saturated rings. The first-order valence-corrected chi connectivity index (χ1v) is 4.33. The van der Waals surface area contributed by atoms with Crippen molar-refractivity contribution < 1.29 is 9.21 Å². The lowest BCUT2D eigenvalue weighted by Crippen LogP contribution is -1.90. The zero-order valence-electron chi connectivity index (χ0n) is 7.78. The number of carbonyl (C=O) groups is 1. The van der Waals surface area contributed by atoms with E-state index in [4.69, 9.17) is 4.42 Å². The summed E-state index contributed by atoms with van der Waals surface area (Å²) in [6.07, 6.45) is 2.25. The van der Waals surface area contributed by atoms with Crippen LogP contribution in [-0.4, -0.2) is 16.0 Å². The smallest absolute Gasteiger partial charge is 0.179 e. The summed E-state index contributed by atoms with van der Waals surface area (Å²) in [4.78, 5) is 11.0. The highest BCUT2D eigenvalue weighted by Gasteiger charge is 2.06. The fraction of sp³-hybridized carbons (Fsp3) is 0.200. The van der Waals surface area contributed by atoms with E-state index in [9.17, 15) is 4.79 Å². The molecule has 0 saturated carbocycles. The van der Waals surface area contributed by atoms with E-state index in [2.05, 4.69) is 10.2 Å². The fourth-order valence-electron chi connectivity index (χ4n) is 1.23. The standard InChI is InChI=1S/C10H10N2O2/c1-7(13)10-6-8(11-12-10)5-9-3-2-4-14-9/h2-4,6H,5H2,1H3,(H,11,12). The lowest BCUT2D eigenvalue weighted by atomic mass is 10.2. The van der Waals surface area contributed by atoms with E-state index in [-0.39, 0.29) is 5.78 Å². The third-order valence-corrected chi connectivity index (χ3v) is 1.94. The van der Waals surface area contributed by atoms with Crippen LogP contribution in [0.15, 0.2) is 28.9 Å². The van der Waals surface area contributed by atoms with E-state index in [0.29, 0.717) is 12.1 Å². The SMILES string of the molecule is CC(=O)c1cc(Cc2ccco2)[nH]n1. The van der Waals surface area contributed by atoms with Crippen molar-refractivity contribution in [1.29, 1.82) is 0 Å². The lowest BCUT2D eigenvalue weighted by Gasteiger charge is -1.90. The number of carbonyl (C=O) groups excluding carboxylic acids is 1. The van der Waals surface area contributed by atoms with Crippen LogP contribution in [0.3, 0.4) is 0 Å². The Balaban J connectivity index is 2.14. The van der Waals surface area contributed by atoms with Crippen LogP contribution < -0.4 is 0 Å². The molecule has 0 aromatic carbocycles. The average Bonchev–Trinajstić information content (AvgIpc) is 2.75. The van der Waals surface area contributed by atoms with Gasteiger partial charge in [0.05, 0.1) is 6.26 Å². The molecule has 2 rings (SSSR count). The van der Waals surface area contributed by atoms with Crippen molar-refractivity contribution in [3.8, 4) is 0 Å². The van der Waals surface area contributed by atoms with Crippen LogP contribution >= 0.6 is 0 Å². The van der Waals surface area contributed by atoms with Crippen LogP contribution in [0.1, 0.15) is 28.9 Å². The Morgan fingerprint density at radius 1 is 1.64 bits per heavy atom. The highest BCUT2D eigenvalue weighted by molar-refractivity contribution is 5.92. The first-order chi connectivity index (χ1) is 6.75. The Kier molecular flexibility index (Phi) is 2.18. The van der Waals surface area contributed by atoms with E-state index in [0.717, 1.165) is 11.5 Å². The molecule has 2 aromatic heterocycles. The molecule has 0 radical (unpaired) electrons. The third kappa shape index (κ3) is 1.74. The summed E-state index contributed by atoms with van der Waals surface area (Å²) in [6, 6.07) is 5.46. The molecule has 0 aliphatic heterocycles. The summed E-state index contributed by atoms with van der Waals surface area (Å²) in [5, 5.41) is 6.67. The molecular weight excluding hydrogens is 180 g/mol. The number of aromatic amines is 1. The number of aromatic nitrogens is 2. The summed E-state index contributed by atoms with van der Waals surface area (Å²) >= 11 is 0. The van der Waals surface area contributed by atoms with Gasteiger partial charge in [-0.2, -0.15) is 5.10 Å². The Morgan fingerprint density at radius 2 is 2.50 bits per heavy atom. The monoisotopic (exact) mass is 190 g/mol. The van der Waals surface area contributed by atoms with Gasteiger partial charge in [0.1, 0.15) is 11.5 Å². The molecule has 0 spiro atoms. The second-order valence-corrected chi connectivity index (χ2v) is 3.09. The van der Waals surface area contributed by atoms with Gasteiger partial charge in [0.2, 0.25) is 0 Å². The van der Waals surface area contributed by atoms with Gasteiger partial charge in [-0.25, -0.2) is 0 Å². The molecule has 0 bridgehead atoms. The minimum absolute atomic E-state index is 0.0352. The van der Waals surface area contributed by atoms with Crippen molar-refractivity contribution >= 4 is 5.78 Å². The quantitative estimate of drug-likeness (QED) is 0.750. The van der Waals surface area contributed by atoms with Gasteiger partial charge in [-0.3, -0.25) is 9.89 Å². The number of H-pyrrole nitrogens is 1. The first kappa shape index (κ1) is 8.74. The number of Topliss-reactive ketones (excluding diaryl/α,β-unsaturated/α-hetero) is 1. The Hall–Kier alpha value is -1.84. The van der Waals surface area contributed by atoms with Crippen LogP contribution in [0.25, 0.3) is 0 Å². The molecule has 0 aliphatic carbocycles. The van der Waals surface area contributed by atoms with Crippen molar-refractivity contribution in [1.82, 2.24) is 10.2 Å². The predicted molar refractivity (Wildman–Crippen MR) is 50.1 cm³/mol. The van der Waals surface area contributed by atoms with Crippen molar-refractivity contribution in [3.05, 3.63) is 41.6 Å². The summed E-state index contributed by atoms with van der Waals surface area (Å²) in [5.41, 5.74) is 1.34. The van der Waals surface area contributed by atoms with Crippen LogP contribution in [0.2, 0.25) is 0 Å². The summed E-state index contributed by atoms with van der Waals surface area (Å²) < 4.78 is 5.17. The number of hydrogen-bond acceptors (Lipinski definition) is 3. The second kappa shape index (κ2) is 3.49. The zero-order valence-corrected chi connectivity index (χ0v) is 7.78. The number of nitrogens with zero attached hydrogens (tertiary/aromatic N) is 1. The van der Waals surface area contributed by atoms with Crippen molar-refractivity contribution in [3.63, 3.8) is 0 Å². The van der Waals surface area contributed by atoms with Crippen LogP contribution in [0.4, 0.5) is 0 Å². The molecule has 0 unspecified atom stereocenters. The van der Waals surface area contributed by atoms with Crippen LogP contribution in [0.5, 0.6) is 0 Å². The van der Waals surface area contributed by atoms with Gasteiger partial charge in [-0.1, -0.05) is 0 Å². The van der Waals surface area contributed by atoms with Crippen LogP contribution in [0, 0.1) is 0 Å². The van der Waals surface area contributed by atoms with Gasteiger partial charge in [0, 0.05) is 19.0 Å². The van der Waals surface area contributed by atoms with Crippen molar-refractivity contribution in [2.75, 3.05) is 0 Å². The fourth-order valence-corrected chi connectivity index (χ4v) is 1.23. The summed E-state index contributed by atoms with van der Waals surface area (Å²) in [6.45, 7) is 1.49. The zero-order chi connectivity index (χ0) is 9.97. The summed E-state index contributed by atoms with van der Waals surface area (Å²) in [5.74, 6) is 0.815. The molecular formula is C10H10N2O2. The van der Waals surface area contributed by atoms with E-state index < -0.39 is 0 Å². The number of hydrogen-bond donors (Lipinski definition) is 1. The molecule has 4 nitrogen and oxygen atoms in total. The number of nitrogens with one attached hydrogen (secondary N) is 1.